The van der Waals surface area contributed by atoms with Gasteiger partial charge in [-0.25, -0.2) is 4.79 Å². The molecule has 3 N–H and O–H groups in total. The molecule has 2 aliphatic heterocycles. The zero-order valence-corrected chi connectivity index (χ0v) is 11.1. The van der Waals surface area contributed by atoms with Gasteiger partial charge >= 0.3 is 6.03 Å². The Morgan fingerprint density at radius 2 is 2.05 bits per heavy atom. The molecule has 0 bridgehead atoms. The van der Waals surface area contributed by atoms with Gasteiger partial charge in [0.15, 0.2) is 0 Å². The van der Waals surface area contributed by atoms with Gasteiger partial charge in [-0.2, -0.15) is 0 Å². The lowest BCUT2D eigenvalue weighted by Crippen LogP contribution is -2.53. The van der Waals surface area contributed by atoms with Crippen molar-refractivity contribution in [2.75, 3.05) is 26.7 Å². The van der Waals surface area contributed by atoms with E-state index in [9.17, 15) is 14.4 Å². The maximum atomic E-state index is 12.4. The van der Waals surface area contributed by atoms with E-state index in [0.29, 0.717) is 32.2 Å². The summed E-state index contributed by atoms with van der Waals surface area (Å²) in [5, 5.41) is 8.51. The fraction of sp³-hybridized carbons (Fsp3) is 0.750. The van der Waals surface area contributed by atoms with E-state index in [1.165, 1.54) is 4.90 Å². The molecule has 7 nitrogen and oxygen atoms in total. The first-order valence-corrected chi connectivity index (χ1v) is 6.64. The molecule has 0 aromatic rings. The van der Waals surface area contributed by atoms with E-state index < -0.39 is 5.54 Å². The number of piperidine rings is 1. The van der Waals surface area contributed by atoms with Gasteiger partial charge in [-0.05, 0) is 32.4 Å². The van der Waals surface area contributed by atoms with Crippen LogP contribution in [-0.2, 0) is 9.59 Å². The summed E-state index contributed by atoms with van der Waals surface area (Å²) in [5.74, 6) is -0.223. The second-order valence-electron chi connectivity index (χ2n) is 5.00. The lowest BCUT2D eigenvalue weighted by Gasteiger charge is -2.31. The summed E-state index contributed by atoms with van der Waals surface area (Å²) in [6, 6.07) is -0.330. The van der Waals surface area contributed by atoms with Crippen molar-refractivity contribution in [3.8, 4) is 0 Å². The zero-order chi connectivity index (χ0) is 13.9. The Kier molecular flexibility index (Phi) is 4.04. The zero-order valence-electron chi connectivity index (χ0n) is 11.1. The average molecular weight is 268 g/mol. The van der Waals surface area contributed by atoms with Crippen LogP contribution in [0.2, 0.25) is 0 Å². The van der Waals surface area contributed by atoms with Gasteiger partial charge in [-0.15, -0.1) is 0 Å². The van der Waals surface area contributed by atoms with Crippen molar-refractivity contribution in [3.63, 3.8) is 0 Å². The number of hydrogen-bond acceptors (Lipinski definition) is 4. The molecule has 2 aliphatic rings. The Hall–Kier alpha value is -1.63. The lowest BCUT2D eigenvalue weighted by atomic mass is 9.88. The van der Waals surface area contributed by atoms with E-state index in [1.54, 1.807) is 7.05 Å². The maximum Gasteiger partial charge on any atom is 0.325 e. The van der Waals surface area contributed by atoms with Crippen molar-refractivity contribution in [1.29, 1.82) is 0 Å². The van der Waals surface area contributed by atoms with Gasteiger partial charge in [0, 0.05) is 20.0 Å². The predicted octanol–water partition coefficient (Wildman–Crippen LogP) is -0.813. The van der Waals surface area contributed by atoms with Crippen LogP contribution in [0.3, 0.4) is 0 Å². The fourth-order valence-corrected chi connectivity index (χ4v) is 2.59. The van der Waals surface area contributed by atoms with E-state index in [1.807, 2.05) is 0 Å². The van der Waals surface area contributed by atoms with Crippen LogP contribution in [0.5, 0.6) is 0 Å². The number of rotatable bonds is 4. The van der Waals surface area contributed by atoms with Gasteiger partial charge in [0.05, 0.1) is 0 Å². The third kappa shape index (κ3) is 2.70. The number of hydrogen-bond donors (Lipinski definition) is 3. The summed E-state index contributed by atoms with van der Waals surface area (Å²) in [5.41, 5.74) is -0.713. The molecule has 0 unspecified atom stereocenters. The lowest BCUT2D eigenvalue weighted by molar-refractivity contribution is -0.132. The first kappa shape index (κ1) is 13.8. The van der Waals surface area contributed by atoms with Crippen LogP contribution >= 0.6 is 0 Å². The quantitative estimate of drug-likeness (QED) is 0.581. The van der Waals surface area contributed by atoms with E-state index in [2.05, 4.69) is 16.0 Å². The molecule has 7 heteroatoms. The maximum absolute atomic E-state index is 12.4. The number of urea groups is 1. The first-order chi connectivity index (χ1) is 9.09. The minimum atomic E-state index is -0.713. The van der Waals surface area contributed by atoms with Crippen LogP contribution in [0.15, 0.2) is 0 Å². The summed E-state index contributed by atoms with van der Waals surface area (Å²) >= 11 is 0. The second-order valence-corrected chi connectivity index (χ2v) is 5.00. The molecule has 1 spiro atoms. The van der Waals surface area contributed by atoms with Crippen LogP contribution in [0, 0.1) is 0 Å². The standard InChI is InChI=1S/C12H20N4O3/c1-13-9(17)3-2-8-16-10(18)12(15-11(16)19)4-6-14-7-5-12/h14H,2-8H2,1H3,(H,13,17)(H,15,19). The number of carbonyl (C=O) groups is 3. The van der Waals surface area contributed by atoms with Crippen molar-refractivity contribution in [2.45, 2.75) is 31.2 Å². The molecule has 0 aromatic carbocycles. The molecule has 2 rings (SSSR count). The van der Waals surface area contributed by atoms with E-state index in [0.717, 1.165) is 13.1 Å². The highest BCUT2D eigenvalue weighted by Gasteiger charge is 2.50. The predicted molar refractivity (Wildman–Crippen MR) is 68.4 cm³/mol. The summed E-state index contributed by atoms with van der Waals surface area (Å²) < 4.78 is 0. The average Bonchev–Trinajstić information content (AvgIpc) is 2.63. The largest absolute Gasteiger partial charge is 0.359 e. The van der Waals surface area contributed by atoms with Crippen molar-refractivity contribution in [1.82, 2.24) is 20.9 Å². The molecule has 106 valence electrons. The molecule has 0 aromatic heterocycles. The third-order valence-electron chi connectivity index (χ3n) is 3.77. The molecular weight excluding hydrogens is 248 g/mol. The van der Waals surface area contributed by atoms with Crippen LogP contribution in [0.25, 0.3) is 0 Å². The topological polar surface area (TPSA) is 90.5 Å². The van der Waals surface area contributed by atoms with E-state index in [-0.39, 0.29) is 17.8 Å². The fourth-order valence-electron chi connectivity index (χ4n) is 2.59. The number of amides is 4. The van der Waals surface area contributed by atoms with Crippen molar-refractivity contribution >= 4 is 17.8 Å². The van der Waals surface area contributed by atoms with Gasteiger partial charge in [-0.1, -0.05) is 0 Å². The summed E-state index contributed by atoms with van der Waals surface area (Å²) in [4.78, 5) is 36.6. The van der Waals surface area contributed by atoms with Gasteiger partial charge in [0.25, 0.3) is 5.91 Å². The van der Waals surface area contributed by atoms with Crippen molar-refractivity contribution in [3.05, 3.63) is 0 Å². The Balaban J connectivity index is 1.93. The van der Waals surface area contributed by atoms with Crippen LogP contribution in [0.4, 0.5) is 4.79 Å². The van der Waals surface area contributed by atoms with Crippen LogP contribution < -0.4 is 16.0 Å². The number of nitrogens with zero attached hydrogens (tertiary/aromatic N) is 1. The highest BCUT2D eigenvalue weighted by molar-refractivity contribution is 6.07. The van der Waals surface area contributed by atoms with E-state index >= 15 is 0 Å². The minimum Gasteiger partial charge on any atom is -0.359 e. The summed E-state index contributed by atoms with van der Waals surface area (Å²) in [6.07, 6.45) is 2.07. The Morgan fingerprint density at radius 3 is 2.68 bits per heavy atom. The van der Waals surface area contributed by atoms with Gasteiger partial charge < -0.3 is 16.0 Å². The molecule has 4 amide bonds. The van der Waals surface area contributed by atoms with Gasteiger partial charge in [0.2, 0.25) is 5.91 Å². The molecular formula is C12H20N4O3. The van der Waals surface area contributed by atoms with Gasteiger partial charge in [0.1, 0.15) is 5.54 Å². The number of carbonyl (C=O) groups excluding carboxylic acids is 3. The Morgan fingerprint density at radius 1 is 1.37 bits per heavy atom. The Labute approximate surface area is 112 Å². The highest BCUT2D eigenvalue weighted by Crippen LogP contribution is 2.26. The smallest absolute Gasteiger partial charge is 0.325 e. The van der Waals surface area contributed by atoms with E-state index in [4.69, 9.17) is 0 Å². The molecule has 0 aliphatic carbocycles. The molecule has 0 atom stereocenters. The van der Waals surface area contributed by atoms with Gasteiger partial charge in [-0.3, -0.25) is 14.5 Å². The molecule has 2 fully saturated rings. The normalized spacial score (nSPS) is 21.6. The molecule has 2 saturated heterocycles. The van der Waals surface area contributed by atoms with Crippen molar-refractivity contribution in [2.24, 2.45) is 0 Å². The highest BCUT2D eigenvalue weighted by atomic mass is 16.2. The summed E-state index contributed by atoms with van der Waals surface area (Å²) in [6.45, 7) is 1.77. The third-order valence-corrected chi connectivity index (χ3v) is 3.77. The molecule has 0 saturated carbocycles. The monoisotopic (exact) mass is 268 g/mol. The summed E-state index contributed by atoms with van der Waals surface area (Å²) in [7, 11) is 1.57. The second kappa shape index (κ2) is 5.56. The molecule has 0 radical (unpaired) electrons. The van der Waals surface area contributed by atoms with Crippen molar-refractivity contribution < 1.29 is 14.4 Å². The SMILES string of the molecule is CNC(=O)CCCN1C(=O)NC2(CCNCC2)C1=O. The Bertz CT molecular complexity index is 390. The number of imide groups is 1. The first-order valence-electron chi connectivity index (χ1n) is 6.64. The molecule has 19 heavy (non-hydrogen) atoms. The van der Waals surface area contributed by atoms with Crippen LogP contribution in [-0.4, -0.2) is 55.0 Å². The van der Waals surface area contributed by atoms with Crippen LogP contribution in [0.1, 0.15) is 25.7 Å². The number of nitrogens with one attached hydrogen (secondary N) is 3. The molecule has 2 heterocycles. The minimum absolute atomic E-state index is 0.0800.